The van der Waals surface area contributed by atoms with Crippen LogP contribution in [-0.4, -0.2) is 43.8 Å². The fourth-order valence-corrected chi connectivity index (χ4v) is 1.69. The average Bonchev–Trinajstić information content (AvgIpc) is 2.39. The Balaban J connectivity index is 2.16. The van der Waals surface area contributed by atoms with Gasteiger partial charge in [0.05, 0.1) is 0 Å². The molecule has 0 atom stereocenters. The molecule has 104 valence electrons. The van der Waals surface area contributed by atoms with Gasteiger partial charge in [-0.15, -0.1) is 0 Å². The number of amides is 1. The summed E-state index contributed by atoms with van der Waals surface area (Å²) in [5, 5.41) is 2.84. The van der Waals surface area contributed by atoms with Crippen molar-refractivity contribution in [3.8, 4) is 0 Å². The second kappa shape index (κ2) is 8.43. The van der Waals surface area contributed by atoms with Crippen molar-refractivity contribution in [1.82, 2.24) is 10.2 Å². The molecule has 1 amide bonds. The van der Waals surface area contributed by atoms with Gasteiger partial charge in [0.25, 0.3) is 0 Å². The van der Waals surface area contributed by atoms with E-state index in [0.717, 1.165) is 12.1 Å². The molecule has 0 spiro atoms. The van der Waals surface area contributed by atoms with Crippen molar-refractivity contribution < 1.29 is 9.59 Å². The predicted molar refractivity (Wildman–Crippen MR) is 76.2 cm³/mol. The zero-order chi connectivity index (χ0) is 14.1. The number of Topliss-reactive ketones (excluding diaryl/α,β-unsaturated/α-hetero) is 1. The number of benzene rings is 1. The minimum Gasteiger partial charge on any atom is -0.355 e. The largest absolute Gasteiger partial charge is 0.355 e. The third kappa shape index (κ3) is 6.72. The third-order valence-electron chi connectivity index (χ3n) is 2.78. The van der Waals surface area contributed by atoms with Gasteiger partial charge in [0.15, 0.2) is 5.78 Å². The Morgan fingerprint density at radius 3 is 2.42 bits per heavy atom. The topological polar surface area (TPSA) is 49.4 Å². The van der Waals surface area contributed by atoms with Crippen LogP contribution in [0.25, 0.3) is 0 Å². The Hall–Kier alpha value is -1.68. The number of rotatable bonds is 8. The first-order valence-corrected chi connectivity index (χ1v) is 6.59. The molecule has 0 bridgehead atoms. The van der Waals surface area contributed by atoms with Crippen LogP contribution in [0.1, 0.15) is 29.6 Å². The van der Waals surface area contributed by atoms with E-state index in [2.05, 4.69) is 5.32 Å². The van der Waals surface area contributed by atoms with Crippen LogP contribution in [0.5, 0.6) is 0 Å². The van der Waals surface area contributed by atoms with Crippen molar-refractivity contribution in [3.05, 3.63) is 35.9 Å². The van der Waals surface area contributed by atoms with Gasteiger partial charge in [0.2, 0.25) is 5.91 Å². The van der Waals surface area contributed by atoms with Gasteiger partial charge in [0, 0.05) is 31.5 Å². The lowest BCUT2D eigenvalue weighted by Gasteiger charge is -2.10. The maximum atomic E-state index is 11.8. The number of hydrogen-bond donors (Lipinski definition) is 1. The highest BCUT2D eigenvalue weighted by atomic mass is 16.1. The maximum absolute atomic E-state index is 11.8. The molecule has 0 fully saturated rings. The van der Waals surface area contributed by atoms with Crippen LogP contribution in [0.3, 0.4) is 0 Å². The Morgan fingerprint density at radius 1 is 1.11 bits per heavy atom. The molecular weight excluding hydrogens is 240 g/mol. The van der Waals surface area contributed by atoms with Gasteiger partial charge in [-0.25, -0.2) is 0 Å². The van der Waals surface area contributed by atoms with Crippen molar-refractivity contribution in [1.29, 1.82) is 0 Å². The van der Waals surface area contributed by atoms with E-state index in [-0.39, 0.29) is 11.7 Å². The minimum atomic E-state index is 0.0164. The van der Waals surface area contributed by atoms with Crippen LogP contribution in [-0.2, 0) is 4.79 Å². The predicted octanol–water partition coefficient (Wildman–Crippen LogP) is 1.72. The van der Waals surface area contributed by atoms with Gasteiger partial charge in [0.1, 0.15) is 0 Å². The number of hydrogen-bond acceptors (Lipinski definition) is 3. The molecule has 0 saturated carbocycles. The summed E-state index contributed by atoms with van der Waals surface area (Å²) in [4.78, 5) is 25.3. The summed E-state index contributed by atoms with van der Waals surface area (Å²) in [6.45, 7) is 1.48. The fourth-order valence-electron chi connectivity index (χ4n) is 1.69. The fraction of sp³-hybridized carbons (Fsp3) is 0.467. The molecule has 1 aromatic carbocycles. The highest BCUT2D eigenvalue weighted by Gasteiger charge is 2.07. The first-order valence-electron chi connectivity index (χ1n) is 6.59. The van der Waals surface area contributed by atoms with E-state index in [1.54, 1.807) is 12.1 Å². The summed E-state index contributed by atoms with van der Waals surface area (Å²) < 4.78 is 0. The molecule has 0 aliphatic carbocycles. The standard InChI is InChI=1S/C15H22N2O2/c1-17(2)12-11-16-15(19)10-6-9-14(18)13-7-4-3-5-8-13/h3-5,7-8H,6,9-12H2,1-2H3,(H,16,19). The van der Waals surface area contributed by atoms with E-state index in [9.17, 15) is 9.59 Å². The van der Waals surface area contributed by atoms with Gasteiger partial charge in [-0.3, -0.25) is 9.59 Å². The van der Waals surface area contributed by atoms with E-state index in [0.29, 0.717) is 25.8 Å². The summed E-state index contributed by atoms with van der Waals surface area (Å²) in [6.07, 6.45) is 1.43. The van der Waals surface area contributed by atoms with Crippen LogP contribution in [0, 0.1) is 0 Å². The van der Waals surface area contributed by atoms with Gasteiger partial charge in [-0.2, -0.15) is 0 Å². The molecule has 0 aliphatic heterocycles. The number of likely N-dealkylation sites (N-methyl/N-ethyl adjacent to an activating group) is 1. The Bertz CT molecular complexity index is 402. The number of nitrogens with one attached hydrogen (secondary N) is 1. The van der Waals surface area contributed by atoms with Gasteiger partial charge < -0.3 is 10.2 Å². The summed E-state index contributed by atoms with van der Waals surface area (Å²) in [7, 11) is 3.93. The van der Waals surface area contributed by atoms with E-state index in [1.807, 2.05) is 37.2 Å². The Morgan fingerprint density at radius 2 is 1.79 bits per heavy atom. The third-order valence-corrected chi connectivity index (χ3v) is 2.78. The summed E-state index contributed by atoms with van der Waals surface area (Å²) >= 11 is 0. The number of carbonyl (C=O) groups excluding carboxylic acids is 2. The van der Waals surface area contributed by atoms with Gasteiger partial charge >= 0.3 is 0 Å². The molecule has 1 N–H and O–H groups in total. The van der Waals surface area contributed by atoms with Crippen molar-refractivity contribution >= 4 is 11.7 Å². The number of ketones is 1. The maximum Gasteiger partial charge on any atom is 0.220 e. The van der Waals surface area contributed by atoms with Crippen LogP contribution in [0.2, 0.25) is 0 Å². The summed E-state index contributed by atoms with van der Waals surface area (Å²) in [6, 6.07) is 9.19. The second-order valence-electron chi connectivity index (χ2n) is 4.80. The number of carbonyl (C=O) groups is 2. The monoisotopic (exact) mass is 262 g/mol. The minimum absolute atomic E-state index is 0.0164. The molecule has 0 heterocycles. The molecule has 0 unspecified atom stereocenters. The van der Waals surface area contributed by atoms with Crippen LogP contribution >= 0.6 is 0 Å². The molecule has 0 radical (unpaired) electrons. The van der Waals surface area contributed by atoms with Gasteiger partial charge in [-0.05, 0) is 20.5 Å². The summed E-state index contributed by atoms with van der Waals surface area (Å²) in [5.41, 5.74) is 0.718. The number of nitrogens with zero attached hydrogens (tertiary/aromatic N) is 1. The zero-order valence-electron chi connectivity index (χ0n) is 11.7. The lowest BCUT2D eigenvalue weighted by atomic mass is 10.1. The van der Waals surface area contributed by atoms with E-state index in [4.69, 9.17) is 0 Å². The molecule has 0 aromatic heterocycles. The molecule has 19 heavy (non-hydrogen) atoms. The highest BCUT2D eigenvalue weighted by molar-refractivity contribution is 5.96. The van der Waals surface area contributed by atoms with Crippen LogP contribution in [0.15, 0.2) is 30.3 Å². The lowest BCUT2D eigenvalue weighted by Crippen LogP contribution is -2.31. The quantitative estimate of drug-likeness (QED) is 0.726. The first kappa shape index (κ1) is 15.4. The second-order valence-corrected chi connectivity index (χ2v) is 4.80. The lowest BCUT2D eigenvalue weighted by molar-refractivity contribution is -0.121. The Labute approximate surface area is 114 Å². The first-order chi connectivity index (χ1) is 9.09. The van der Waals surface area contributed by atoms with Crippen molar-refractivity contribution in [2.24, 2.45) is 0 Å². The molecule has 0 saturated heterocycles. The van der Waals surface area contributed by atoms with Crippen molar-refractivity contribution in [2.75, 3.05) is 27.2 Å². The average molecular weight is 262 g/mol. The summed E-state index contributed by atoms with van der Waals surface area (Å²) in [5.74, 6) is 0.115. The molecular formula is C15H22N2O2. The molecule has 1 aromatic rings. The van der Waals surface area contributed by atoms with E-state index < -0.39 is 0 Å². The van der Waals surface area contributed by atoms with E-state index >= 15 is 0 Å². The zero-order valence-corrected chi connectivity index (χ0v) is 11.7. The highest BCUT2D eigenvalue weighted by Crippen LogP contribution is 2.06. The SMILES string of the molecule is CN(C)CCNC(=O)CCCC(=O)c1ccccc1. The van der Waals surface area contributed by atoms with E-state index in [1.165, 1.54) is 0 Å². The van der Waals surface area contributed by atoms with Crippen molar-refractivity contribution in [3.63, 3.8) is 0 Å². The van der Waals surface area contributed by atoms with Crippen LogP contribution < -0.4 is 5.32 Å². The van der Waals surface area contributed by atoms with Crippen molar-refractivity contribution in [2.45, 2.75) is 19.3 Å². The molecule has 4 nitrogen and oxygen atoms in total. The smallest absolute Gasteiger partial charge is 0.220 e. The molecule has 1 rings (SSSR count). The van der Waals surface area contributed by atoms with Crippen LogP contribution in [0.4, 0.5) is 0 Å². The molecule has 0 aliphatic rings. The Kier molecular flexibility index (Phi) is 6.82. The molecule has 4 heteroatoms. The van der Waals surface area contributed by atoms with Gasteiger partial charge in [-0.1, -0.05) is 30.3 Å². The normalized spacial score (nSPS) is 10.5.